The summed E-state index contributed by atoms with van der Waals surface area (Å²) in [5.41, 5.74) is -0.196. The van der Waals surface area contributed by atoms with Crippen molar-refractivity contribution in [3.63, 3.8) is 0 Å². The highest BCUT2D eigenvalue weighted by Crippen LogP contribution is 2.38. The Balaban J connectivity index is 1.94. The first-order valence-electron chi connectivity index (χ1n) is 9.83. The molecule has 0 saturated carbocycles. The topological polar surface area (TPSA) is 102 Å². The highest BCUT2D eigenvalue weighted by Gasteiger charge is 2.38. The van der Waals surface area contributed by atoms with Gasteiger partial charge in [-0.05, 0) is 44.0 Å². The highest BCUT2D eigenvalue weighted by molar-refractivity contribution is 6.31. The second kappa shape index (κ2) is 8.55. The summed E-state index contributed by atoms with van der Waals surface area (Å²) in [7, 11) is 0. The molecular formula is C22H24ClN3O5. The van der Waals surface area contributed by atoms with Crippen LogP contribution in [0.2, 0.25) is 5.02 Å². The summed E-state index contributed by atoms with van der Waals surface area (Å²) in [4.78, 5) is 38.1. The number of nitrogens with one attached hydrogen (secondary N) is 1. The predicted octanol–water partition coefficient (Wildman–Crippen LogP) is 4.91. The van der Waals surface area contributed by atoms with Gasteiger partial charge in [0.05, 0.1) is 16.0 Å². The van der Waals surface area contributed by atoms with Crippen molar-refractivity contribution in [2.45, 2.75) is 27.7 Å². The van der Waals surface area contributed by atoms with Crippen molar-refractivity contribution in [1.82, 2.24) is 0 Å². The van der Waals surface area contributed by atoms with E-state index in [9.17, 15) is 19.7 Å². The van der Waals surface area contributed by atoms with Crippen LogP contribution >= 0.6 is 11.6 Å². The number of fused-ring (bicyclic) bond motifs is 1. The first kappa shape index (κ1) is 22.6. The predicted molar refractivity (Wildman–Crippen MR) is 119 cm³/mol. The lowest BCUT2D eigenvalue weighted by molar-refractivity contribution is -0.385. The summed E-state index contributed by atoms with van der Waals surface area (Å²) in [6.07, 6.45) is 0. The average Bonchev–Trinajstić information content (AvgIpc) is 2.77. The third-order valence-electron chi connectivity index (χ3n) is 4.87. The molecule has 8 nitrogen and oxygen atoms in total. The Hall–Kier alpha value is -3.13. The monoisotopic (exact) mass is 445 g/mol. The first-order chi connectivity index (χ1) is 14.5. The van der Waals surface area contributed by atoms with Gasteiger partial charge in [0.2, 0.25) is 5.91 Å². The molecule has 0 radical (unpaired) electrons. The fourth-order valence-corrected chi connectivity index (χ4v) is 3.49. The molecule has 9 heteroatoms. The number of hydrogen-bond acceptors (Lipinski definition) is 5. The van der Waals surface area contributed by atoms with Gasteiger partial charge >= 0.3 is 0 Å². The van der Waals surface area contributed by atoms with Crippen LogP contribution in [0, 0.1) is 21.4 Å². The molecule has 0 bridgehead atoms. The molecule has 164 valence electrons. The molecule has 2 aromatic carbocycles. The van der Waals surface area contributed by atoms with Crippen molar-refractivity contribution >= 4 is 40.5 Å². The van der Waals surface area contributed by atoms with Crippen molar-refractivity contribution in [3.8, 4) is 5.75 Å². The molecular weight excluding hydrogens is 422 g/mol. The van der Waals surface area contributed by atoms with E-state index >= 15 is 0 Å². The zero-order valence-electron chi connectivity index (χ0n) is 17.8. The van der Waals surface area contributed by atoms with Crippen LogP contribution in [-0.2, 0) is 4.79 Å². The average molecular weight is 446 g/mol. The van der Waals surface area contributed by atoms with Crippen molar-refractivity contribution in [2.75, 3.05) is 23.4 Å². The molecule has 1 aliphatic heterocycles. The lowest BCUT2D eigenvalue weighted by Gasteiger charge is -2.29. The minimum absolute atomic E-state index is 0.0358. The summed E-state index contributed by atoms with van der Waals surface area (Å²) in [6.45, 7) is 8.42. The maximum Gasteiger partial charge on any atom is 0.282 e. The molecule has 1 aliphatic rings. The Morgan fingerprint density at radius 2 is 2.00 bits per heavy atom. The number of benzene rings is 2. The lowest BCUT2D eigenvalue weighted by atomic mass is 9.92. The van der Waals surface area contributed by atoms with Gasteiger partial charge < -0.3 is 15.0 Å². The number of nitro benzene ring substituents is 1. The Bertz CT molecular complexity index is 1050. The van der Waals surface area contributed by atoms with E-state index in [2.05, 4.69) is 5.32 Å². The molecule has 2 amide bonds. The molecule has 0 aromatic heterocycles. The van der Waals surface area contributed by atoms with Crippen LogP contribution in [0.4, 0.5) is 17.1 Å². The van der Waals surface area contributed by atoms with Crippen LogP contribution in [0.3, 0.4) is 0 Å². The Labute approximate surface area is 185 Å². The highest BCUT2D eigenvalue weighted by atomic mass is 35.5. The quantitative estimate of drug-likeness (QED) is 0.520. The molecule has 3 rings (SSSR count). The number of nitrogens with zero attached hydrogens (tertiary/aromatic N) is 2. The maximum absolute atomic E-state index is 13.0. The zero-order valence-corrected chi connectivity index (χ0v) is 18.5. The molecule has 1 heterocycles. The molecule has 1 N–H and O–H groups in total. The van der Waals surface area contributed by atoms with Gasteiger partial charge in [0.15, 0.2) is 0 Å². The van der Waals surface area contributed by atoms with E-state index in [1.807, 2.05) is 27.7 Å². The van der Waals surface area contributed by atoms with Gasteiger partial charge in [-0.25, -0.2) is 0 Å². The van der Waals surface area contributed by atoms with Gasteiger partial charge in [-0.15, -0.1) is 0 Å². The number of rotatable bonds is 5. The van der Waals surface area contributed by atoms with Gasteiger partial charge in [-0.2, -0.15) is 0 Å². The summed E-state index contributed by atoms with van der Waals surface area (Å²) in [5.74, 6) is -0.00377. The molecule has 31 heavy (non-hydrogen) atoms. The second-order valence-corrected chi connectivity index (χ2v) is 8.97. The van der Waals surface area contributed by atoms with E-state index in [0.29, 0.717) is 23.7 Å². The van der Waals surface area contributed by atoms with Gasteiger partial charge in [0.25, 0.3) is 11.6 Å². The van der Waals surface area contributed by atoms with Gasteiger partial charge in [0, 0.05) is 29.4 Å². The number of carbonyl (C=O) groups excluding carboxylic acids is 2. The third kappa shape index (κ3) is 4.80. The van der Waals surface area contributed by atoms with E-state index in [-0.39, 0.29) is 34.7 Å². The number of hydrogen-bond donors (Lipinski definition) is 1. The number of anilines is 2. The standard InChI is InChI=1S/C22H24ClN3O5/c1-13(2)11-25-18-8-6-15(10-19(18)31-12-22(3,4)21(25)28)24-20(27)16-9-14(23)5-7-17(16)26(29)30/h5-10,13H,11-12H2,1-4H3,(H,24,27). The van der Waals surface area contributed by atoms with E-state index < -0.39 is 16.2 Å². The summed E-state index contributed by atoms with van der Waals surface area (Å²) >= 11 is 5.92. The number of halogens is 1. The summed E-state index contributed by atoms with van der Waals surface area (Å²) in [5, 5.41) is 14.1. The Morgan fingerprint density at radius 1 is 1.29 bits per heavy atom. The van der Waals surface area contributed by atoms with E-state index in [1.165, 1.54) is 18.2 Å². The molecule has 0 fully saturated rings. The fourth-order valence-electron chi connectivity index (χ4n) is 3.32. The van der Waals surface area contributed by atoms with Crippen LogP contribution in [0.1, 0.15) is 38.1 Å². The van der Waals surface area contributed by atoms with Crippen molar-refractivity contribution in [2.24, 2.45) is 11.3 Å². The molecule has 0 aliphatic carbocycles. The SMILES string of the molecule is CC(C)CN1C(=O)C(C)(C)COc2cc(NC(=O)c3cc(Cl)ccc3[N+](=O)[O-])ccc21. The summed E-state index contributed by atoms with van der Waals surface area (Å²) in [6, 6.07) is 8.75. The van der Waals surface area contributed by atoms with Gasteiger partial charge in [0.1, 0.15) is 17.9 Å². The molecule has 2 aromatic rings. The van der Waals surface area contributed by atoms with Crippen LogP contribution in [0.25, 0.3) is 0 Å². The molecule has 0 saturated heterocycles. The second-order valence-electron chi connectivity index (χ2n) is 8.54. The Kier molecular flexibility index (Phi) is 6.22. The lowest BCUT2D eigenvalue weighted by Crippen LogP contribution is -2.43. The molecule has 0 spiro atoms. The number of nitro groups is 1. The molecule has 0 atom stereocenters. The largest absolute Gasteiger partial charge is 0.490 e. The van der Waals surface area contributed by atoms with Crippen LogP contribution in [0.15, 0.2) is 36.4 Å². The first-order valence-corrected chi connectivity index (χ1v) is 10.2. The third-order valence-corrected chi connectivity index (χ3v) is 5.10. The smallest absolute Gasteiger partial charge is 0.282 e. The normalized spacial score (nSPS) is 15.2. The van der Waals surface area contributed by atoms with Crippen LogP contribution in [0.5, 0.6) is 5.75 Å². The fraction of sp³-hybridized carbons (Fsp3) is 0.364. The zero-order chi connectivity index (χ0) is 22.9. The van der Waals surface area contributed by atoms with Gasteiger partial charge in [-0.3, -0.25) is 19.7 Å². The van der Waals surface area contributed by atoms with Crippen molar-refractivity contribution < 1.29 is 19.2 Å². The van der Waals surface area contributed by atoms with Gasteiger partial charge in [-0.1, -0.05) is 25.4 Å². The maximum atomic E-state index is 13.0. The molecule has 0 unspecified atom stereocenters. The number of amides is 2. The number of carbonyl (C=O) groups is 2. The summed E-state index contributed by atoms with van der Waals surface area (Å²) < 4.78 is 5.91. The van der Waals surface area contributed by atoms with Crippen LogP contribution in [-0.4, -0.2) is 29.9 Å². The van der Waals surface area contributed by atoms with Crippen molar-refractivity contribution in [1.29, 1.82) is 0 Å². The minimum Gasteiger partial charge on any atom is -0.490 e. The van der Waals surface area contributed by atoms with Crippen LogP contribution < -0.4 is 15.0 Å². The van der Waals surface area contributed by atoms with Crippen molar-refractivity contribution in [3.05, 3.63) is 57.1 Å². The Morgan fingerprint density at radius 3 is 2.65 bits per heavy atom. The number of ether oxygens (including phenoxy) is 1. The van der Waals surface area contributed by atoms with E-state index in [0.717, 1.165) is 0 Å². The van der Waals surface area contributed by atoms with E-state index in [4.69, 9.17) is 16.3 Å². The van der Waals surface area contributed by atoms with E-state index in [1.54, 1.807) is 23.1 Å². The minimum atomic E-state index is -0.710.